The highest BCUT2D eigenvalue weighted by Crippen LogP contribution is 2.25. The van der Waals surface area contributed by atoms with Gasteiger partial charge in [0, 0.05) is 19.9 Å². The Morgan fingerprint density at radius 1 is 0.882 bits per heavy atom. The van der Waals surface area contributed by atoms with Crippen molar-refractivity contribution >= 4 is 65.7 Å². The zero-order valence-electron chi connectivity index (χ0n) is 17.8. The fraction of sp³-hybridized carbons (Fsp3) is 0.0370. The van der Waals surface area contributed by atoms with Gasteiger partial charge in [0.25, 0.3) is 0 Å². The first-order valence-electron chi connectivity index (χ1n) is 10.5. The number of nitrogens with zero attached hydrogens (tertiary/aromatic N) is 1. The summed E-state index contributed by atoms with van der Waals surface area (Å²) in [6.45, 7) is 0.411. The summed E-state index contributed by atoms with van der Waals surface area (Å²) in [5, 5.41) is 7.30. The first kappa shape index (κ1) is 22.4. The molecule has 4 aromatic carbocycles. The Balaban J connectivity index is 1.29. The van der Waals surface area contributed by atoms with E-state index in [2.05, 4.69) is 72.7 Å². The van der Waals surface area contributed by atoms with Crippen LogP contribution in [0.3, 0.4) is 0 Å². The van der Waals surface area contributed by atoms with Gasteiger partial charge in [0.1, 0.15) is 17.9 Å². The normalized spacial score (nSPS) is 11.4. The Labute approximate surface area is 212 Å². The number of rotatable bonds is 6. The van der Waals surface area contributed by atoms with E-state index < -0.39 is 5.91 Å². The van der Waals surface area contributed by atoms with Crippen LogP contribution in [0, 0.1) is 0 Å². The molecule has 1 amide bonds. The van der Waals surface area contributed by atoms with E-state index in [4.69, 9.17) is 9.15 Å². The number of amides is 1. The summed E-state index contributed by atoms with van der Waals surface area (Å²) in [6.07, 6.45) is 1.55. The van der Waals surface area contributed by atoms with Gasteiger partial charge in [-0.15, -0.1) is 0 Å². The summed E-state index contributed by atoms with van der Waals surface area (Å²) in [6, 6.07) is 27.4. The molecule has 5 nitrogen and oxygen atoms in total. The molecule has 1 aromatic heterocycles. The molecular weight excluding hydrogens is 560 g/mol. The molecule has 0 aliphatic heterocycles. The van der Waals surface area contributed by atoms with Crippen LogP contribution in [0.5, 0.6) is 5.75 Å². The fourth-order valence-corrected chi connectivity index (χ4v) is 4.34. The van der Waals surface area contributed by atoms with Gasteiger partial charge in [-0.3, -0.25) is 4.79 Å². The lowest BCUT2D eigenvalue weighted by Gasteiger charge is -2.10. The fourth-order valence-electron chi connectivity index (χ4n) is 3.58. The van der Waals surface area contributed by atoms with Crippen LogP contribution in [0.1, 0.15) is 21.7 Å². The molecule has 0 spiro atoms. The summed E-state index contributed by atoms with van der Waals surface area (Å²) >= 11 is 6.89. The first-order chi connectivity index (χ1) is 16.5. The molecule has 0 saturated carbocycles. The van der Waals surface area contributed by atoms with Crippen molar-refractivity contribution in [1.82, 2.24) is 5.43 Å². The maximum atomic E-state index is 12.5. The van der Waals surface area contributed by atoms with Crippen LogP contribution in [0.2, 0.25) is 0 Å². The first-order valence-corrected chi connectivity index (χ1v) is 12.1. The number of halogens is 2. The molecule has 0 atom stereocenters. The number of ether oxygens (including phenoxy) is 1. The maximum Gasteiger partial charge on any atom is 0.307 e. The molecule has 0 unspecified atom stereocenters. The van der Waals surface area contributed by atoms with E-state index in [-0.39, 0.29) is 5.76 Å². The summed E-state index contributed by atoms with van der Waals surface area (Å²) in [5.41, 5.74) is 4.94. The smallest absolute Gasteiger partial charge is 0.307 e. The van der Waals surface area contributed by atoms with Crippen molar-refractivity contribution in [3.05, 3.63) is 111 Å². The zero-order valence-corrected chi connectivity index (χ0v) is 21.0. The topological polar surface area (TPSA) is 63.8 Å². The number of nitrogens with one attached hydrogen (secondary N) is 1. The molecule has 168 valence electrons. The highest BCUT2D eigenvalue weighted by atomic mass is 79.9. The Kier molecular flexibility index (Phi) is 6.47. The van der Waals surface area contributed by atoms with Crippen molar-refractivity contribution in [2.45, 2.75) is 6.61 Å². The predicted octanol–water partition coefficient (Wildman–Crippen LogP) is 7.45. The van der Waals surface area contributed by atoms with E-state index in [1.54, 1.807) is 18.3 Å². The van der Waals surface area contributed by atoms with E-state index in [9.17, 15) is 4.79 Å². The average Bonchev–Trinajstić information content (AvgIpc) is 3.27. The Morgan fingerprint density at radius 3 is 2.56 bits per heavy atom. The van der Waals surface area contributed by atoms with E-state index >= 15 is 0 Å². The number of hydrogen-bond acceptors (Lipinski definition) is 4. The van der Waals surface area contributed by atoms with Gasteiger partial charge in [-0.05, 0) is 64.9 Å². The van der Waals surface area contributed by atoms with Gasteiger partial charge >= 0.3 is 5.91 Å². The molecule has 0 fully saturated rings. The van der Waals surface area contributed by atoms with Gasteiger partial charge in [0.2, 0.25) is 0 Å². The van der Waals surface area contributed by atoms with Crippen LogP contribution in [0.4, 0.5) is 0 Å². The van der Waals surface area contributed by atoms with Crippen molar-refractivity contribution in [3.63, 3.8) is 0 Å². The number of benzene rings is 4. The van der Waals surface area contributed by atoms with Crippen molar-refractivity contribution < 1.29 is 13.9 Å². The molecule has 0 aliphatic carbocycles. The lowest BCUT2D eigenvalue weighted by molar-refractivity contribution is 0.0929. The second-order valence-electron chi connectivity index (χ2n) is 7.64. The van der Waals surface area contributed by atoms with Gasteiger partial charge in [-0.2, -0.15) is 5.10 Å². The number of fused-ring (bicyclic) bond motifs is 2. The molecule has 7 heteroatoms. The molecule has 1 heterocycles. The Hall–Kier alpha value is -3.42. The maximum absolute atomic E-state index is 12.5. The number of carbonyl (C=O) groups is 1. The summed E-state index contributed by atoms with van der Waals surface area (Å²) in [7, 11) is 0. The van der Waals surface area contributed by atoms with Gasteiger partial charge in [-0.1, -0.05) is 68.3 Å². The minimum absolute atomic E-state index is 0.187. The molecule has 1 N–H and O–H groups in total. The van der Waals surface area contributed by atoms with Gasteiger partial charge in [-0.25, -0.2) is 5.43 Å². The number of hydrazone groups is 1. The third-order valence-electron chi connectivity index (χ3n) is 5.25. The summed E-state index contributed by atoms with van der Waals surface area (Å²) in [5.74, 6) is 0.410. The third-order valence-corrected chi connectivity index (χ3v) is 6.24. The van der Waals surface area contributed by atoms with Crippen LogP contribution in [-0.4, -0.2) is 12.1 Å². The third kappa shape index (κ3) is 5.05. The molecule has 5 aromatic rings. The van der Waals surface area contributed by atoms with Gasteiger partial charge in [0.05, 0.1) is 6.21 Å². The van der Waals surface area contributed by atoms with Crippen molar-refractivity contribution in [3.8, 4) is 5.75 Å². The highest BCUT2D eigenvalue weighted by molar-refractivity contribution is 9.10. The zero-order chi connectivity index (χ0) is 23.5. The molecular formula is C27H18Br2N2O3. The average molecular weight is 578 g/mol. The Morgan fingerprint density at radius 2 is 1.68 bits per heavy atom. The standard InChI is InChI=1S/C27H18Br2N2O3/c28-22-8-10-25-20(12-22)14-26(34-25)27(32)31-30-15-21-13-23(29)7-9-24(21)33-16-17-5-6-18-3-1-2-4-19(18)11-17/h1-15H,16H2,(H,31,32)/b30-15-. The lowest BCUT2D eigenvalue weighted by atomic mass is 10.1. The van der Waals surface area contributed by atoms with Crippen LogP contribution in [-0.2, 0) is 6.61 Å². The second-order valence-corrected chi connectivity index (χ2v) is 9.48. The van der Waals surface area contributed by atoms with Crippen molar-refractivity contribution in [2.75, 3.05) is 0 Å². The van der Waals surface area contributed by atoms with E-state index in [1.165, 1.54) is 10.8 Å². The lowest BCUT2D eigenvalue weighted by Crippen LogP contribution is -2.16. The SMILES string of the molecule is O=C(N/N=C\c1cc(Br)ccc1OCc1ccc2ccccc2c1)c1cc2cc(Br)ccc2o1. The molecule has 0 bridgehead atoms. The molecule has 0 saturated heterocycles. The quantitative estimate of drug-likeness (QED) is 0.168. The molecule has 0 aliphatic rings. The van der Waals surface area contributed by atoms with E-state index in [0.29, 0.717) is 17.9 Å². The molecule has 34 heavy (non-hydrogen) atoms. The van der Waals surface area contributed by atoms with Crippen LogP contribution >= 0.6 is 31.9 Å². The minimum atomic E-state index is -0.433. The number of hydrogen-bond donors (Lipinski definition) is 1. The number of carbonyl (C=O) groups excluding carboxylic acids is 1. The highest BCUT2D eigenvalue weighted by Gasteiger charge is 2.12. The minimum Gasteiger partial charge on any atom is -0.488 e. The van der Waals surface area contributed by atoms with Crippen molar-refractivity contribution in [1.29, 1.82) is 0 Å². The predicted molar refractivity (Wildman–Crippen MR) is 141 cm³/mol. The van der Waals surface area contributed by atoms with Gasteiger partial charge in [0.15, 0.2) is 5.76 Å². The van der Waals surface area contributed by atoms with Gasteiger partial charge < -0.3 is 9.15 Å². The summed E-state index contributed by atoms with van der Waals surface area (Å²) in [4.78, 5) is 12.5. The number of furan rings is 1. The Bertz CT molecular complexity index is 1540. The molecule has 0 radical (unpaired) electrons. The van der Waals surface area contributed by atoms with Crippen molar-refractivity contribution in [2.24, 2.45) is 5.10 Å². The monoisotopic (exact) mass is 576 g/mol. The summed E-state index contributed by atoms with van der Waals surface area (Å²) < 4.78 is 13.5. The largest absolute Gasteiger partial charge is 0.488 e. The molecule has 5 rings (SSSR count). The van der Waals surface area contributed by atoms with Crippen LogP contribution in [0.15, 0.2) is 103 Å². The van der Waals surface area contributed by atoms with Crippen LogP contribution < -0.4 is 10.2 Å². The second kappa shape index (κ2) is 9.83. The van der Waals surface area contributed by atoms with E-state index in [1.807, 2.05) is 42.5 Å². The van der Waals surface area contributed by atoms with E-state index in [0.717, 1.165) is 25.5 Å². The van der Waals surface area contributed by atoms with Crippen LogP contribution in [0.25, 0.3) is 21.7 Å².